The smallest absolute Gasteiger partial charge is 0.319 e. The zero-order valence-electron chi connectivity index (χ0n) is 24.1. The molecule has 1 saturated heterocycles. The van der Waals surface area contributed by atoms with Crippen LogP contribution in [-0.2, 0) is 13.1 Å². The third kappa shape index (κ3) is 6.85. The highest BCUT2D eigenvalue weighted by Gasteiger charge is 2.23. The number of nitrogens with one attached hydrogen (secondary N) is 2. The Morgan fingerprint density at radius 3 is 2.36 bits per heavy atom. The number of thiophene rings is 1. The highest BCUT2D eigenvalue weighted by Crippen LogP contribution is 2.39. The predicted molar refractivity (Wildman–Crippen MR) is 169 cm³/mol. The minimum atomic E-state index is -0.566. The Kier molecular flexibility index (Phi) is 8.14. The third-order valence-electron chi connectivity index (χ3n) is 7.80. The van der Waals surface area contributed by atoms with Crippen LogP contribution in [0.15, 0.2) is 79.4 Å². The molecule has 2 amide bonds. The van der Waals surface area contributed by atoms with Gasteiger partial charge in [-0.3, -0.25) is 24.8 Å². The van der Waals surface area contributed by atoms with Crippen LogP contribution >= 0.6 is 11.3 Å². The van der Waals surface area contributed by atoms with Gasteiger partial charge >= 0.3 is 6.03 Å². The van der Waals surface area contributed by atoms with Crippen molar-refractivity contribution in [3.05, 3.63) is 96.3 Å². The molecule has 224 valence electrons. The van der Waals surface area contributed by atoms with Crippen molar-refractivity contribution in [2.75, 3.05) is 31.5 Å². The molecule has 7 rings (SSSR count). The number of piperazine rings is 1. The van der Waals surface area contributed by atoms with Crippen molar-refractivity contribution in [2.45, 2.75) is 32.0 Å². The summed E-state index contributed by atoms with van der Waals surface area (Å²) in [5.74, 6) is 0.0154. The number of rotatable bonds is 9. The molecule has 0 unspecified atom stereocenters. The van der Waals surface area contributed by atoms with Crippen molar-refractivity contribution >= 4 is 33.3 Å². The van der Waals surface area contributed by atoms with Gasteiger partial charge in [0, 0.05) is 87.9 Å². The fourth-order valence-corrected chi connectivity index (χ4v) is 6.30. The molecule has 4 aromatic heterocycles. The fraction of sp³-hybridized carbons (Fsp3) is 0.273. The lowest BCUT2D eigenvalue weighted by molar-refractivity contribution is 0.122. The van der Waals surface area contributed by atoms with E-state index in [4.69, 9.17) is 9.72 Å². The van der Waals surface area contributed by atoms with Crippen molar-refractivity contribution in [1.82, 2.24) is 30.1 Å². The minimum Gasteiger partial charge on any atom is -0.453 e. The number of ether oxygens (including phenoxy) is 1. The summed E-state index contributed by atoms with van der Waals surface area (Å²) in [7, 11) is 0. The van der Waals surface area contributed by atoms with E-state index in [1.165, 1.54) is 34.6 Å². The van der Waals surface area contributed by atoms with Crippen LogP contribution < -0.4 is 15.4 Å². The maximum absolute atomic E-state index is 14.9. The maximum Gasteiger partial charge on any atom is 0.319 e. The second-order valence-electron chi connectivity index (χ2n) is 11.2. The average Bonchev–Trinajstić information content (AvgIpc) is 3.74. The Balaban J connectivity index is 0.977. The molecule has 9 nitrogen and oxygen atoms in total. The van der Waals surface area contributed by atoms with Crippen LogP contribution in [0.4, 0.5) is 14.9 Å². The largest absolute Gasteiger partial charge is 0.453 e. The Labute approximate surface area is 258 Å². The molecular formula is C33H32FN7O2S. The summed E-state index contributed by atoms with van der Waals surface area (Å²) < 4.78 is 21.7. The number of hydrogen-bond donors (Lipinski definition) is 2. The number of hydrogen-bond acceptors (Lipinski definition) is 8. The molecule has 0 bridgehead atoms. The number of aromatic nitrogens is 3. The Bertz CT molecular complexity index is 1750. The quantitative estimate of drug-likeness (QED) is 0.203. The molecule has 0 radical (unpaired) electrons. The van der Waals surface area contributed by atoms with E-state index in [-0.39, 0.29) is 17.8 Å². The number of benzene rings is 1. The van der Waals surface area contributed by atoms with Gasteiger partial charge in [-0.1, -0.05) is 6.07 Å². The first kappa shape index (κ1) is 28.3. The second-order valence-corrected chi connectivity index (χ2v) is 12.3. The number of urea groups is 1. The van der Waals surface area contributed by atoms with Crippen molar-refractivity contribution in [3.63, 3.8) is 0 Å². The summed E-state index contributed by atoms with van der Waals surface area (Å²) in [4.78, 5) is 31.3. The van der Waals surface area contributed by atoms with Crippen LogP contribution in [0.5, 0.6) is 11.5 Å². The van der Waals surface area contributed by atoms with Crippen LogP contribution in [0.2, 0.25) is 0 Å². The Morgan fingerprint density at radius 1 is 0.886 bits per heavy atom. The third-order valence-corrected chi connectivity index (χ3v) is 8.96. The van der Waals surface area contributed by atoms with E-state index in [2.05, 4.69) is 48.6 Å². The number of pyridine rings is 3. The number of anilines is 1. The molecule has 1 aliphatic heterocycles. The summed E-state index contributed by atoms with van der Waals surface area (Å²) in [6.45, 7) is 5.95. The first-order valence-corrected chi connectivity index (χ1v) is 15.6. The molecule has 11 heteroatoms. The number of carbonyl (C=O) groups is 1. The number of carbonyl (C=O) groups excluding carboxylic acids is 1. The summed E-state index contributed by atoms with van der Waals surface area (Å²) >= 11 is 1.51. The molecule has 1 aromatic carbocycles. The zero-order valence-corrected chi connectivity index (χ0v) is 24.9. The van der Waals surface area contributed by atoms with Gasteiger partial charge < -0.3 is 15.4 Å². The van der Waals surface area contributed by atoms with Gasteiger partial charge in [0.25, 0.3) is 0 Å². The summed E-state index contributed by atoms with van der Waals surface area (Å²) in [6, 6.07) is 16.3. The Hall–Kier alpha value is -4.45. The second kappa shape index (κ2) is 12.7. The summed E-state index contributed by atoms with van der Waals surface area (Å²) in [5, 5.41) is 5.49. The van der Waals surface area contributed by atoms with E-state index < -0.39 is 5.82 Å². The topological polar surface area (TPSA) is 95.5 Å². The van der Waals surface area contributed by atoms with Gasteiger partial charge in [-0.2, -0.15) is 0 Å². The van der Waals surface area contributed by atoms with Gasteiger partial charge in [-0.25, -0.2) is 9.18 Å². The molecule has 1 saturated carbocycles. The number of halogens is 1. The van der Waals surface area contributed by atoms with Crippen molar-refractivity contribution in [2.24, 2.45) is 0 Å². The van der Waals surface area contributed by atoms with Crippen molar-refractivity contribution in [3.8, 4) is 22.1 Å². The van der Waals surface area contributed by atoms with Crippen LogP contribution in [0.1, 0.15) is 24.0 Å². The first-order valence-electron chi connectivity index (χ1n) is 14.8. The molecule has 1 aliphatic carbocycles. The lowest BCUT2D eigenvalue weighted by Crippen LogP contribution is -2.45. The minimum absolute atomic E-state index is 0.0706. The van der Waals surface area contributed by atoms with Crippen LogP contribution in [-0.4, -0.2) is 63.0 Å². The molecule has 2 fully saturated rings. The van der Waals surface area contributed by atoms with Gasteiger partial charge in [0.05, 0.1) is 20.8 Å². The van der Waals surface area contributed by atoms with Crippen LogP contribution in [0, 0.1) is 5.82 Å². The lowest BCUT2D eigenvalue weighted by atomic mass is 10.2. The molecule has 5 aromatic rings. The zero-order chi connectivity index (χ0) is 29.9. The van der Waals surface area contributed by atoms with E-state index in [0.717, 1.165) is 72.9 Å². The van der Waals surface area contributed by atoms with Crippen LogP contribution in [0.3, 0.4) is 0 Å². The average molecular weight is 610 g/mol. The van der Waals surface area contributed by atoms with E-state index in [1.54, 1.807) is 18.3 Å². The number of nitrogens with zero attached hydrogens (tertiary/aromatic N) is 5. The number of amides is 2. The van der Waals surface area contributed by atoms with Gasteiger partial charge in [0.1, 0.15) is 5.75 Å². The SMILES string of the molecule is O=C(Nc1ccc(Oc2ccnc3cc(-c4ccc(CN5CCN(Cc6ccncc6)CC5)cn4)sc23)c(F)c1)NC1CC1. The highest BCUT2D eigenvalue weighted by molar-refractivity contribution is 7.22. The van der Waals surface area contributed by atoms with E-state index in [0.29, 0.717) is 11.4 Å². The van der Waals surface area contributed by atoms with E-state index in [9.17, 15) is 9.18 Å². The molecule has 0 atom stereocenters. The van der Waals surface area contributed by atoms with Gasteiger partial charge in [-0.15, -0.1) is 11.3 Å². The van der Waals surface area contributed by atoms with Crippen molar-refractivity contribution < 1.29 is 13.9 Å². The molecule has 5 heterocycles. The summed E-state index contributed by atoms with van der Waals surface area (Å²) in [5.41, 5.74) is 4.46. The lowest BCUT2D eigenvalue weighted by Gasteiger charge is -2.34. The monoisotopic (exact) mass is 609 g/mol. The van der Waals surface area contributed by atoms with Crippen LogP contribution in [0.25, 0.3) is 20.8 Å². The highest BCUT2D eigenvalue weighted by atomic mass is 32.1. The molecular weight excluding hydrogens is 577 g/mol. The Morgan fingerprint density at radius 2 is 1.66 bits per heavy atom. The van der Waals surface area contributed by atoms with Gasteiger partial charge in [-0.05, 0) is 60.4 Å². The van der Waals surface area contributed by atoms with E-state index in [1.807, 2.05) is 30.7 Å². The molecule has 2 aliphatic rings. The van der Waals surface area contributed by atoms with Gasteiger partial charge in [0.2, 0.25) is 0 Å². The van der Waals surface area contributed by atoms with Gasteiger partial charge in [0.15, 0.2) is 11.6 Å². The van der Waals surface area contributed by atoms with Crippen molar-refractivity contribution in [1.29, 1.82) is 0 Å². The maximum atomic E-state index is 14.9. The van der Waals surface area contributed by atoms with E-state index >= 15 is 0 Å². The summed E-state index contributed by atoms with van der Waals surface area (Å²) in [6.07, 6.45) is 9.26. The molecule has 2 N–H and O–H groups in total. The number of fused-ring (bicyclic) bond motifs is 1. The molecule has 44 heavy (non-hydrogen) atoms. The standard InChI is InChI=1S/C33H32FN7O2S/c34-26-17-25(39-33(42)38-24-2-3-24)4-6-29(26)43-30-9-12-36-28-18-31(44-32(28)30)27-5-1-23(19-37-27)21-41-15-13-40(14-16-41)20-22-7-10-35-11-8-22/h1,4-12,17-19,24H,2-3,13-16,20-21H2,(H2,38,39,42). The normalized spacial score (nSPS) is 15.8. The predicted octanol–water partition coefficient (Wildman–Crippen LogP) is 6.29. The first-order chi connectivity index (χ1) is 21.6. The molecule has 0 spiro atoms. The fourth-order valence-electron chi connectivity index (χ4n) is 5.26.